The fraction of sp³-hybridized carbons (Fsp3) is 0.0667. The summed E-state index contributed by atoms with van der Waals surface area (Å²) in [5.74, 6) is -0.488. The fourth-order valence-electron chi connectivity index (χ4n) is 1.88. The summed E-state index contributed by atoms with van der Waals surface area (Å²) in [6.07, 6.45) is 0. The van der Waals surface area contributed by atoms with Crippen molar-refractivity contribution in [3.8, 4) is 22.9 Å². The number of nitrogens with zero attached hydrogens (tertiary/aromatic N) is 1. The molecule has 0 spiro atoms. The summed E-state index contributed by atoms with van der Waals surface area (Å²) in [5, 5.41) is 18.3. The molecule has 0 saturated carbocycles. The van der Waals surface area contributed by atoms with Gasteiger partial charge in [-0.2, -0.15) is 5.26 Å². The van der Waals surface area contributed by atoms with E-state index < -0.39 is 5.97 Å². The molecule has 0 aliphatic heterocycles. The molecular weight excluding hydrogens is 242 g/mol. The summed E-state index contributed by atoms with van der Waals surface area (Å²) >= 11 is 0. The first kappa shape index (κ1) is 12.7. The second kappa shape index (κ2) is 5.23. The van der Waals surface area contributed by atoms with E-state index in [4.69, 9.17) is 10.00 Å². The van der Waals surface area contributed by atoms with Crippen LogP contribution in [0.3, 0.4) is 0 Å². The average molecular weight is 253 g/mol. The van der Waals surface area contributed by atoms with Crippen molar-refractivity contribution >= 4 is 5.97 Å². The Kier molecular flexibility index (Phi) is 3.48. The minimum absolute atomic E-state index is 0.142. The zero-order valence-corrected chi connectivity index (χ0v) is 10.3. The third-order valence-electron chi connectivity index (χ3n) is 2.79. The van der Waals surface area contributed by atoms with Crippen molar-refractivity contribution in [2.24, 2.45) is 0 Å². The van der Waals surface area contributed by atoms with E-state index in [-0.39, 0.29) is 5.56 Å². The highest BCUT2D eigenvalue weighted by Gasteiger charge is 2.15. The van der Waals surface area contributed by atoms with Gasteiger partial charge in [0.15, 0.2) is 0 Å². The van der Waals surface area contributed by atoms with E-state index in [1.54, 1.807) is 36.4 Å². The van der Waals surface area contributed by atoms with E-state index in [0.717, 1.165) is 0 Å². The zero-order valence-electron chi connectivity index (χ0n) is 10.3. The Hall–Kier alpha value is -2.80. The van der Waals surface area contributed by atoms with Crippen LogP contribution in [0.15, 0.2) is 42.5 Å². The summed E-state index contributed by atoms with van der Waals surface area (Å²) in [4.78, 5) is 11.3. The van der Waals surface area contributed by atoms with Gasteiger partial charge in [-0.25, -0.2) is 4.79 Å². The van der Waals surface area contributed by atoms with Crippen LogP contribution in [-0.4, -0.2) is 18.2 Å². The van der Waals surface area contributed by atoms with Crippen LogP contribution in [0.25, 0.3) is 11.1 Å². The molecule has 2 rings (SSSR count). The van der Waals surface area contributed by atoms with Gasteiger partial charge in [-0.1, -0.05) is 18.2 Å². The van der Waals surface area contributed by atoms with E-state index in [2.05, 4.69) is 6.07 Å². The predicted octanol–water partition coefficient (Wildman–Crippen LogP) is 2.93. The summed E-state index contributed by atoms with van der Waals surface area (Å²) in [7, 11) is 1.51. The lowest BCUT2D eigenvalue weighted by Gasteiger charge is -2.10. The largest absolute Gasteiger partial charge is 0.497 e. The summed E-state index contributed by atoms with van der Waals surface area (Å²) in [5.41, 5.74) is 1.63. The topological polar surface area (TPSA) is 70.3 Å². The van der Waals surface area contributed by atoms with Crippen LogP contribution >= 0.6 is 0 Å². The third-order valence-corrected chi connectivity index (χ3v) is 2.79. The van der Waals surface area contributed by atoms with Crippen LogP contribution in [0.4, 0.5) is 0 Å². The first-order valence-corrected chi connectivity index (χ1v) is 5.58. The molecule has 0 radical (unpaired) electrons. The number of hydrogen-bond donors (Lipinski definition) is 1. The van der Waals surface area contributed by atoms with E-state index in [1.165, 1.54) is 13.2 Å². The zero-order chi connectivity index (χ0) is 13.8. The molecule has 4 nitrogen and oxygen atoms in total. The van der Waals surface area contributed by atoms with Gasteiger partial charge in [0.2, 0.25) is 0 Å². The molecule has 0 unspecified atom stereocenters. The molecule has 2 aromatic carbocycles. The highest BCUT2D eigenvalue weighted by Crippen LogP contribution is 2.30. The molecule has 0 amide bonds. The Morgan fingerprint density at radius 3 is 2.58 bits per heavy atom. The van der Waals surface area contributed by atoms with Crippen LogP contribution in [0, 0.1) is 11.3 Å². The fourth-order valence-corrected chi connectivity index (χ4v) is 1.88. The maximum atomic E-state index is 11.3. The molecule has 0 bridgehead atoms. The van der Waals surface area contributed by atoms with Crippen LogP contribution < -0.4 is 4.74 Å². The molecule has 0 aliphatic carbocycles. The number of carboxylic acid groups (broad SMARTS) is 1. The van der Waals surface area contributed by atoms with Gasteiger partial charge < -0.3 is 9.84 Å². The highest BCUT2D eigenvalue weighted by molar-refractivity contribution is 5.97. The van der Waals surface area contributed by atoms with Gasteiger partial charge in [0.05, 0.1) is 24.3 Å². The first-order chi connectivity index (χ1) is 9.17. The normalized spacial score (nSPS) is 9.68. The van der Waals surface area contributed by atoms with Crippen LogP contribution in [0.5, 0.6) is 5.75 Å². The number of hydrogen-bond acceptors (Lipinski definition) is 3. The van der Waals surface area contributed by atoms with Gasteiger partial charge in [-0.05, 0) is 24.3 Å². The standard InChI is InChI=1S/C15H11NO3/c1-19-11-6-7-13(15(17)18)14(8-11)12-5-3-2-4-10(12)9-16/h2-8H,1H3,(H,17,18). The molecule has 0 heterocycles. The molecule has 0 atom stereocenters. The minimum Gasteiger partial charge on any atom is -0.497 e. The van der Waals surface area contributed by atoms with Gasteiger partial charge in [0.25, 0.3) is 0 Å². The molecule has 0 saturated heterocycles. The second-order valence-corrected chi connectivity index (χ2v) is 3.87. The van der Waals surface area contributed by atoms with E-state index in [1.807, 2.05) is 0 Å². The molecule has 1 N–H and O–H groups in total. The summed E-state index contributed by atoms with van der Waals surface area (Å²) in [6, 6.07) is 13.6. The number of benzene rings is 2. The van der Waals surface area contributed by atoms with Crippen molar-refractivity contribution in [1.82, 2.24) is 0 Å². The Bertz CT molecular complexity index is 671. The number of carboxylic acids is 1. The van der Waals surface area contributed by atoms with Crippen molar-refractivity contribution in [3.05, 3.63) is 53.6 Å². The Labute approximate surface area is 110 Å². The van der Waals surface area contributed by atoms with Crippen LogP contribution in [-0.2, 0) is 0 Å². The predicted molar refractivity (Wildman–Crippen MR) is 70.1 cm³/mol. The van der Waals surface area contributed by atoms with Crippen LogP contribution in [0.2, 0.25) is 0 Å². The van der Waals surface area contributed by atoms with E-state index in [0.29, 0.717) is 22.4 Å². The van der Waals surface area contributed by atoms with Crippen molar-refractivity contribution in [2.45, 2.75) is 0 Å². The lowest BCUT2D eigenvalue weighted by Crippen LogP contribution is -2.01. The van der Waals surface area contributed by atoms with Gasteiger partial charge in [0, 0.05) is 11.1 Å². The average Bonchev–Trinajstić information content (AvgIpc) is 2.46. The SMILES string of the molecule is COc1ccc(C(=O)O)c(-c2ccccc2C#N)c1. The number of carbonyl (C=O) groups is 1. The Morgan fingerprint density at radius 1 is 1.21 bits per heavy atom. The third kappa shape index (κ3) is 2.40. The minimum atomic E-state index is -1.04. The molecule has 0 fully saturated rings. The second-order valence-electron chi connectivity index (χ2n) is 3.87. The number of nitriles is 1. The summed E-state index contributed by atoms with van der Waals surface area (Å²) in [6.45, 7) is 0. The Morgan fingerprint density at radius 2 is 1.95 bits per heavy atom. The lowest BCUT2D eigenvalue weighted by molar-refractivity contribution is 0.0697. The molecule has 2 aromatic rings. The first-order valence-electron chi connectivity index (χ1n) is 5.58. The smallest absolute Gasteiger partial charge is 0.336 e. The number of rotatable bonds is 3. The molecular formula is C15H11NO3. The van der Waals surface area contributed by atoms with Gasteiger partial charge >= 0.3 is 5.97 Å². The van der Waals surface area contributed by atoms with Crippen molar-refractivity contribution in [3.63, 3.8) is 0 Å². The monoisotopic (exact) mass is 253 g/mol. The van der Waals surface area contributed by atoms with Gasteiger partial charge in [-0.3, -0.25) is 0 Å². The maximum absolute atomic E-state index is 11.3. The van der Waals surface area contributed by atoms with Crippen LogP contribution in [0.1, 0.15) is 15.9 Å². The molecule has 4 heteroatoms. The summed E-state index contributed by atoms with van der Waals surface area (Å²) < 4.78 is 5.11. The Balaban J connectivity index is 2.72. The molecule has 19 heavy (non-hydrogen) atoms. The molecule has 0 aromatic heterocycles. The van der Waals surface area contributed by atoms with E-state index in [9.17, 15) is 9.90 Å². The lowest BCUT2D eigenvalue weighted by atomic mass is 9.95. The number of ether oxygens (including phenoxy) is 1. The van der Waals surface area contributed by atoms with Crippen molar-refractivity contribution in [1.29, 1.82) is 5.26 Å². The van der Waals surface area contributed by atoms with Gasteiger partial charge in [-0.15, -0.1) is 0 Å². The maximum Gasteiger partial charge on any atom is 0.336 e. The van der Waals surface area contributed by atoms with Gasteiger partial charge in [0.1, 0.15) is 5.75 Å². The number of aromatic carboxylic acids is 1. The molecule has 94 valence electrons. The quantitative estimate of drug-likeness (QED) is 0.912. The van der Waals surface area contributed by atoms with E-state index >= 15 is 0 Å². The van der Waals surface area contributed by atoms with Crippen molar-refractivity contribution in [2.75, 3.05) is 7.11 Å². The van der Waals surface area contributed by atoms with Crippen molar-refractivity contribution < 1.29 is 14.6 Å². The molecule has 0 aliphatic rings. The number of methoxy groups -OCH3 is 1. The highest BCUT2D eigenvalue weighted by atomic mass is 16.5.